The Labute approximate surface area is 149 Å². The normalized spacial score (nSPS) is 11.8. The van der Waals surface area contributed by atoms with Crippen molar-refractivity contribution >= 4 is 17.3 Å². The molecule has 2 aromatic carbocycles. The molecule has 0 aliphatic rings. The average Bonchev–Trinajstić information content (AvgIpc) is 2.58. The third-order valence-electron chi connectivity index (χ3n) is 4.24. The summed E-state index contributed by atoms with van der Waals surface area (Å²) >= 11 is 0. The second kappa shape index (κ2) is 7.34. The van der Waals surface area contributed by atoms with E-state index in [4.69, 9.17) is 0 Å². The lowest BCUT2D eigenvalue weighted by atomic mass is 10.1. The van der Waals surface area contributed by atoms with E-state index in [0.717, 1.165) is 23.1 Å². The van der Waals surface area contributed by atoms with Crippen molar-refractivity contribution in [3.8, 4) is 0 Å². The third kappa shape index (κ3) is 4.15. The number of aromatic nitrogens is 2. The second-order valence-corrected chi connectivity index (χ2v) is 6.35. The van der Waals surface area contributed by atoms with Gasteiger partial charge >= 0.3 is 0 Å². The Balaban J connectivity index is 1.83. The van der Waals surface area contributed by atoms with Crippen LogP contribution in [-0.4, -0.2) is 9.97 Å². The fraction of sp³-hybridized carbons (Fsp3) is 0.238. The third-order valence-corrected chi connectivity index (χ3v) is 4.24. The minimum Gasteiger partial charge on any atom is -0.363 e. The first-order chi connectivity index (χ1) is 12.0. The van der Waals surface area contributed by atoms with Crippen LogP contribution in [0.4, 0.5) is 17.3 Å². The molecule has 128 valence electrons. The molecule has 25 heavy (non-hydrogen) atoms. The average molecular weight is 332 g/mol. The van der Waals surface area contributed by atoms with Crippen LogP contribution in [0.3, 0.4) is 0 Å². The summed E-state index contributed by atoms with van der Waals surface area (Å²) in [6.45, 7) is 8.24. The summed E-state index contributed by atoms with van der Waals surface area (Å²) in [5, 5.41) is 6.91. The second-order valence-electron chi connectivity index (χ2n) is 6.35. The van der Waals surface area contributed by atoms with E-state index < -0.39 is 0 Å². The summed E-state index contributed by atoms with van der Waals surface area (Å²) in [6, 6.07) is 18.7. The van der Waals surface area contributed by atoms with Gasteiger partial charge in [0.05, 0.1) is 0 Å². The van der Waals surface area contributed by atoms with Crippen LogP contribution in [0.25, 0.3) is 0 Å². The van der Waals surface area contributed by atoms with E-state index >= 15 is 0 Å². The van der Waals surface area contributed by atoms with Gasteiger partial charge in [0.2, 0.25) is 0 Å². The number of rotatable bonds is 5. The minimum atomic E-state index is 0.170. The molecule has 0 spiro atoms. The highest BCUT2D eigenvalue weighted by Crippen LogP contribution is 2.25. The summed E-state index contributed by atoms with van der Waals surface area (Å²) in [4.78, 5) is 9.05. The molecule has 4 nitrogen and oxygen atoms in total. The van der Waals surface area contributed by atoms with E-state index in [9.17, 15) is 0 Å². The number of hydrogen-bond donors (Lipinski definition) is 2. The molecule has 0 aliphatic heterocycles. The van der Waals surface area contributed by atoms with Crippen molar-refractivity contribution in [3.05, 3.63) is 77.1 Å². The smallest absolute Gasteiger partial charge is 0.136 e. The summed E-state index contributed by atoms with van der Waals surface area (Å²) in [6.07, 6.45) is 0. The highest BCUT2D eigenvalue weighted by molar-refractivity contribution is 5.66. The number of hydrogen-bond acceptors (Lipinski definition) is 4. The number of anilines is 3. The first-order valence-corrected chi connectivity index (χ1v) is 8.53. The largest absolute Gasteiger partial charge is 0.363 e. The molecule has 3 aromatic rings. The molecule has 1 unspecified atom stereocenters. The van der Waals surface area contributed by atoms with Crippen LogP contribution in [0.2, 0.25) is 0 Å². The van der Waals surface area contributed by atoms with Crippen molar-refractivity contribution < 1.29 is 0 Å². The molecular weight excluding hydrogens is 308 g/mol. The number of nitrogens with zero attached hydrogens (tertiary/aromatic N) is 2. The molecule has 3 rings (SSSR count). The number of para-hydroxylation sites is 1. The van der Waals surface area contributed by atoms with Crippen molar-refractivity contribution in [2.75, 3.05) is 10.6 Å². The van der Waals surface area contributed by atoms with Gasteiger partial charge in [-0.3, -0.25) is 0 Å². The standard InChI is InChI=1S/C21H24N4/c1-14-9-8-10-15(2)21(14)25-20-13-19(23-17(4)24-20)22-16(3)18-11-6-5-7-12-18/h5-13,16H,1-4H3,(H2,22,23,24,25). The summed E-state index contributed by atoms with van der Waals surface area (Å²) < 4.78 is 0. The quantitative estimate of drug-likeness (QED) is 0.664. The van der Waals surface area contributed by atoms with Crippen molar-refractivity contribution in [3.63, 3.8) is 0 Å². The predicted octanol–water partition coefficient (Wildman–Crippen LogP) is 5.32. The molecule has 4 heteroatoms. The zero-order valence-electron chi connectivity index (χ0n) is 15.2. The van der Waals surface area contributed by atoms with Crippen LogP contribution in [-0.2, 0) is 0 Å². The topological polar surface area (TPSA) is 49.8 Å². The molecule has 2 N–H and O–H groups in total. The van der Waals surface area contributed by atoms with Crippen molar-refractivity contribution in [1.82, 2.24) is 9.97 Å². The molecule has 0 saturated carbocycles. The monoisotopic (exact) mass is 332 g/mol. The summed E-state index contributed by atoms with van der Waals surface area (Å²) in [5.41, 5.74) is 4.72. The van der Waals surface area contributed by atoms with Gasteiger partial charge in [-0.05, 0) is 44.4 Å². The van der Waals surface area contributed by atoms with Gasteiger partial charge < -0.3 is 10.6 Å². The molecule has 0 fully saturated rings. The van der Waals surface area contributed by atoms with Crippen LogP contribution >= 0.6 is 0 Å². The van der Waals surface area contributed by atoms with Crippen molar-refractivity contribution in [2.45, 2.75) is 33.7 Å². The number of benzene rings is 2. The van der Waals surface area contributed by atoms with Gasteiger partial charge in [-0.2, -0.15) is 0 Å². The molecular formula is C21H24N4. The Morgan fingerprint density at radius 1 is 0.800 bits per heavy atom. The van der Waals surface area contributed by atoms with E-state index in [2.05, 4.69) is 71.7 Å². The first kappa shape index (κ1) is 17.0. The van der Waals surface area contributed by atoms with Crippen LogP contribution in [0.1, 0.15) is 35.5 Å². The summed E-state index contributed by atoms with van der Waals surface area (Å²) in [5.74, 6) is 2.35. The maximum Gasteiger partial charge on any atom is 0.136 e. The molecule has 1 heterocycles. The molecule has 0 aliphatic carbocycles. The van der Waals surface area contributed by atoms with Crippen LogP contribution in [0.15, 0.2) is 54.6 Å². The van der Waals surface area contributed by atoms with Gasteiger partial charge in [0.25, 0.3) is 0 Å². The number of aryl methyl sites for hydroxylation is 3. The lowest BCUT2D eigenvalue weighted by Crippen LogP contribution is -2.10. The van der Waals surface area contributed by atoms with E-state index in [1.807, 2.05) is 31.2 Å². The molecule has 0 bridgehead atoms. The predicted molar refractivity (Wildman–Crippen MR) is 104 cm³/mol. The van der Waals surface area contributed by atoms with Gasteiger partial charge in [0, 0.05) is 17.8 Å². The van der Waals surface area contributed by atoms with E-state index in [1.54, 1.807) is 0 Å². The van der Waals surface area contributed by atoms with Gasteiger partial charge in [-0.25, -0.2) is 9.97 Å². The van der Waals surface area contributed by atoms with Gasteiger partial charge in [-0.15, -0.1) is 0 Å². The lowest BCUT2D eigenvalue weighted by Gasteiger charge is -2.17. The van der Waals surface area contributed by atoms with Crippen LogP contribution < -0.4 is 10.6 Å². The summed E-state index contributed by atoms with van der Waals surface area (Å²) in [7, 11) is 0. The highest BCUT2D eigenvalue weighted by atomic mass is 15.1. The Bertz CT molecular complexity index is 839. The fourth-order valence-corrected chi connectivity index (χ4v) is 2.89. The molecule has 0 amide bonds. The Kier molecular flexibility index (Phi) is 4.98. The Morgan fingerprint density at radius 2 is 1.44 bits per heavy atom. The van der Waals surface area contributed by atoms with Gasteiger partial charge in [0.1, 0.15) is 17.5 Å². The maximum atomic E-state index is 4.53. The number of nitrogens with one attached hydrogen (secondary N) is 2. The van der Waals surface area contributed by atoms with Gasteiger partial charge in [-0.1, -0.05) is 48.5 Å². The molecule has 0 radical (unpaired) electrons. The van der Waals surface area contributed by atoms with E-state index in [-0.39, 0.29) is 6.04 Å². The van der Waals surface area contributed by atoms with Crippen LogP contribution in [0.5, 0.6) is 0 Å². The minimum absolute atomic E-state index is 0.170. The van der Waals surface area contributed by atoms with E-state index in [0.29, 0.717) is 0 Å². The highest BCUT2D eigenvalue weighted by Gasteiger charge is 2.09. The zero-order chi connectivity index (χ0) is 17.8. The Hall–Kier alpha value is -2.88. The molecule has 1 aromatic heterocycles. The zero-order valence-corrected chi connectivity index (χ0v) is 15.2. The Morgan fingerprint density at radius 3 is 2.12 bits per heavy atom. The van der Waals surface area contributed by atoms with Gasteiger partial charge in [0.15, 0.2) is 0 Å². The fourth-order valence-electron chi connectivity index (χ4n) is 2.89. The van der Waals surface area contributed by atoms with E-state index in [1.165, 1.54) is 16.7 Å². The van der Waals surface area contributed by atoms with Crippen LogP contribution in [0, 0.1) is 20.8 Å². The van der Waals surface area contributed by atoms with Crippen molar-refractivity contribution in [1.29, 1.82) is 0 Å². The lowest BCUT2D eigenvalue weighted by molar-refractivity contribution is 0.867. The molecule has 0 saturated heterocycles. The van der Waals surface area contributed by atoms with Crippen molar-refractivity contribution in [2.24, 2.45) is 0 Å². The maximum absolute atomic E-state index is 4.53. The molecule has 1 atom stereocenters. The first-order valence-electron chi connectivity index (χ1n) is 8.53. The SMILES string of the molecule is Cc1nc(Nc2c(C)cccc2C)cc(NC(C)c2ccccc2)n1.